The number of sulfonamides is 1. The van der Waals surface area contributed by atoms with E-state index >= 15 is 0 Å². The van der Waals surface area contributed by atoms with E-state index in [0.29, 0.717) is 0 Å². The number of halogens is 2. The lowest BCUT2D eigenvalue weighted by molar-refractivity contribution is 0.453. The van der Waals surface area contributed by atoms with Gasteiger partial charge in [0.05, 0.1) is 5.02 Å². The van der Waals surface area contributed by atoms with Gasteiger partial charge in [0.1, 0.15) is 4.90 Å². The van der Waals surface area contributed by atoms with Gasteiger partial charge in [-0.25, -0.2) is 13.4 Å². The molecule has 98 valence electrons. The van der Waals surface area contributed by atoms with E-state index in [0.717, 1.165) is 5.01 Å². The zero-order valence-electron chi connectivity index (χ0n) is 9.47. The Morgan fingerprint density at radius 1 is 1.50 bits per heavy atom. The molecule has 0 fully saturated rings. The fourth-order valence-electron chi connectivity index (χ4n) is 1.09. The molecule has 0 heterocycles. The zero-order valence-corrected chi connectivity index (χ0v) is 11.8. The second kappa shape index (κ2) is 6.19. The molecule has 0 unspecified atom stereocenters. The summed E-state index contributed by atoms with van der Waals surface area (Å²) in [6.07, 6.45) is 1.20. The fraction of sp³-hybridized carbons (Fsp3) is 0.100. The van der Waals surface area contributed by atoms with E-state index in [2.05, 4.69) is 16.4 Å². The molecule has 18 heavy (non-hydrogen) atoms. The van der Waals surface area contributed by atoms with Crippen molar-refractivity contribution < 1.29 is 8.42 Å². The molecule has 1 N–H and O–H groups in total. The van der Waals surface area contributed by atoms with Crippen molar-refractivity contribution in [1.82, 2.24) is 9.84 Å². The van der Waals surface area contributed by atoms with Crippen molar-refractivity contribution in [2.24, 2.45) is 4.99 Å². The Kier molecular flexibility index (Phi) is 5.15. The van der Waals surface area contributed by atoms with E-state index in [9.17, 15) is 8.42 Å². The molecule has 0 amide bonds. The van der Waals surface area contributed by atoms with Crippen LogP contribution >= 0.6 is 23.2 Å². The standard InChI is InChI=1S/C10H11Cl2N3O2S/c1-3-13-10(12)15(2)14-18(16,17)9-7-5-4-6-8(9)11/h3-7,14H,1H2,2H3. The number of nitrogens with one attached hydrogen (secondary N) is 1. The van der Waals surface area contributed by atoms with Crippen LogP contribution in [-0.4, -0.2) is 25.8 Å². The lowest BCUT2D eigenvalue weighted by atomic mass is 10.4. The number of hydrazine groups is 1. The summed E-state index contributed by atoms with van der Waals surface area (Å²) in [4.78, 5) is 5.81. The average molecular weight is 308 g/mol. The topological polar surface area (TPSA) is 61.8 Å². The zero-order chi connectivity index (χ0) is 13.8. The molecule has 5 nitrogen and oxygen atoms in total. The number of rotatable bonds is 4. The molecular formula is C10H11Cl2N3O2S. The molecule has 0 bridgehead atoms. The highest BCUT2D eigenvalue weighted by molar-refractivity contribution is 7.89. The molecule has 1 aromatic rings. The Hall–Kier alpha value is -1.08. The predicted molar refractivity (Wildman–Crippen MR) is 73.0 cm³/mol. The van der Waals surface area contributed by atoms with Gasteiger partial charge in [-0.1, -0.05) is 30.3 Å². The molecule has 0 aromatic heterocycles. The van der Waals surface area contributed by atoms with E-state index in [1.165, 1.54) is 25.4 Å². The number of nitrogens with zero attached hydrogens (tertiary/aromatic N) is 2. The van der Waals surface area contributed by atoms with Crippen LogP contribution in [0.25, 0.3) is 0 Å². The van der Waals surface area contributed by atoms with Gasteiger partial charge >= 0.3 is 0 Å². The Morgan fingerprint density at radius 2 is 2.11 bits per heavy atom. The minimum absolute atomic E-state index is 0.0402. The van der Waals surface area contributed by atoms with E-state index in [1.54, 1.807) is 12.1 Å². The van der Waals surface area contributed by atoms with Gasteiger partial charge in [0.2, 0.25) is 5.29 Å². The minimum atomic E-state index is -3.81. The summed E-state index contributed by atoms with van der Waals surface area (Å²) in [5, 5.41) is 1.10. The number of aliphatic imine (C=N–C) groups is 1. The van der Waals surface area contributed by atoms with Crippen LogP contribution < -0.4 is 4.83 Å². The summed E-state index contributed by atoms with van der Waals surface area (Å²) in [5.74, 6) is 0. The van der Waals surface area contributed by atoms with Gasteiger partial charge in [-0.05, 0) is 23.7 Å². The van der Waals surface area contributed by atoms with E-state index in [4.69, 9.17) is 23.2 Å². The van der Waals surface area contributed by atoms with Crippen molar-refractivity contribution in [3.05, 3.63) is 42.1 Å². The largest absolute Gasteiger partial charge is 0.272 e. The first-order valence-electron chi connectivity index (χ1n) is 4.73. The van der Waals surface area contributed by atoms with Crippen molar-refractivity contribution in [2.45, 2.75) is 4.90 Å². The normalized spacial score (nSPS) is 12.3. The summed E-state index contributed by atoms with van der Waals surface area (Å²) in [5.41, 5.74) is 0. The smallest absolute Gasteiger partial charge is 0.259 e. The summed E-state index contributed by atoms with van der Waals surface area (Å²) in [6.45, 7) is 3.35. The molecular weight excluding hydrogens is 297 g/mol. The van der Waals surface area contributed by atoms with Crippen molar-refractivity contribution in [3.8, 4) is 0 Å². The van der Waals surface area contributed by atoms with E-state index in [1.807, 2.05) is 0 Å². The number of benzene rings is 1. The summed E-state index contributed by atoms with van der Waals surface area (Å²) < 4.78 is 24.0. The minimum Gasteiger partial charge on any atom is -0.272 e. The molecule has 0 spiro atoms. The first kappa shape index (κ1) is 15.0. The van der Waals surface area contributed by atoms with Crippen LogP contribution in [0.15, 0.2) is 46.9 Å². The number of hydrogen-bond acceptors (Lipinski definition) is 3. The average Bonchev–Trinajstić information content (AvgIpc) is 2.29. The number of hydrogen-bond donors (Lipinski definition) is 1. The maximum absolute atomic E-state index is 12.0. The Bertz CT molecular complexity index is 572. The molecule has 0 aliphatic heterocycles. The molecule has 1 rings (SSSR count). The van der Waals surface area contributed by atoms with Crippen LogP contribution in [0.5, 0.6) is 0 Å². The van der Waals surface area contributed by atoms with Gasteiger partial charge in [-0.3, -0.25) is 5.01 Å². The maximum Gasteiger partial charge on any atom is 0.259 e. The second-order valence-corrected chi connectivity index (χ2v) is 5.54. The maximum atomic E-state index is 12.0. The van der Waals surface area contributed by atoms with Gasteiger partial charge < -0.3 is 0 Å². The summed E-state index contributed by atoms with van der Waals surface area (Å²) in [6, 6.07) is 6.07. The molecule has 1 aromatic carbocycles. The summed E-state index contributed by atoms with van der Waals surface area (Å²) >= 11 is 11.5. The van der Waals surface area contributed by atoms with Crippen molar-refractivity contribution in [2.75, 3.05) is 7.05 Å². The molecule has 0 radical (unpaired) electrons. The molecule has 0 saturated heterocycles. The molecule has 0 aliphatic carbocycles. The van der Waals surface area contributed by atoms with E-state index in [-0.39, 0.29) is 15.2 Å². The van der Waals surface area contributed by atoms with Gasteiger partial charge in [0, 0.05) is 13.2 Å². The summed E-state index contributed by atoms with van der Waals surface area (Å²) in [7, 11) is -2.40. The van der Waals surface area contributed by atoms with Crippen LogP contribution in [0.1, 0.15) is 0 Å². The third-order valence-corrected chi connectivity index (χ3v) is 4.10. The lowest BCUT2D eigenvalue weighted by Gasteiger charge is -2.18. The van der Waals surface area contributed by atoms with Crippen LogP contribution in [-0.2, 0) is 10.0 Å². The van der Waals surface area contributed by atoms with Crippen LogP contribution in [0.2, 0.25) is 5.02 Å². The van der Waals surface area contributed by atoms with Gasteiger partial charge in [-0.2, -0.15) is 0 Å². The highest BCUT2D eigenvalue weighted by Gasteiger charge is 2.20. The van der Waals surface area contributed by atoms with Crippen molar-refractivity contribution in [1.29, 1.82) is 0 Å². The van der Waals surface area contributed by atoms with E-state index < -0.39 is 10.0 Å². The van der Waals surface area contributed by atoms with Crippen molar-refractivity contribution in [3.63, 3.8) is 0 Å². The molecule has 0 aliphatic rings. The van der Waals surface area contributed by atoms with Gasteiger partial charge in [0.25, 0.3) is 10.0 Å². The van der Waals surface area contributed by atoms with Gasteiger partial charge in [-0.15, -0.1) is 4.83 Å². The highest BCUT2D eigenvalue weighted by Crippen LogP contribution is 2.20. The molecule has 8 heteroatoms. The van der Waals surface area contributed by atoms with Crippen molar-refractivity contribution >= 4 is 38.5 Å². The third kappa shape index (κ3) is 3.71. The van der Waals surface area contributed by atoms with Gasteiger partial charge in [0.15, 0.2) is 0 Å². The highest BCUT2D eigenvalue weighted by atomic mass is 35.5. The van der Waals surface area contributed by atoms with Crippen LogP contribution in [0, 0.1) is 0 Å². The Labute approximate surface area is 116 Å². The Balaban J connectivity index is 3.00. The third-order valence-electron chi connectivity index (χ3n) is 1.86. The lowest BCUT2D eigenvalue weighted by Crippen LogP contribution is -2.41. The van der Waals surface area contributed by atoms with Crippen LogP contribution in [0.4, 0.5) is 0 Å². The molecule has 0 saturated carbocycles. The fourth-order valence-corrected chi connectivity index (χ4v) is 2.82. The second-order valence-electron chi connectivity index (χ2n) is 3.16. The Morgan fingerprint density at radius 3 is 2.67 bits per heavy atom. The quantitative estimate of drug-likeness (QED) is 0.401. The van der Waals surface area contributed by atoms with Crippen LogP contribution in [0.3, 0.4) is 0 Å². The first-order valence-corrected chi connectivity index (χ1v) is 6.97. The molecule has 0 atom stereocenters. The monoisotopic (exact) mass is 307 g/mol. The first-order chi connectivity index (χ1) is 8.38. The number of amidine groups is 1. The SMILES string of the molecule is C=CN=C(Cl)N(C)NS(=O)(=O)c1ccccc1Cl. The predicted octanol–water partition coefficient (Wildman–Crippen LogP) is 2.20.